The van der Waals surface area contributed by atoms with Gasteiger partial charge in [-0.3, -0.25) is 4.90 Å². The van der Waals surface area contributed by atoms with Gasteiger partial charge in [-0.05, 0) is 98.9 Å². The van der Waals surface area contributed by atoms with E-state index in [-0.39, 0.29) is 11.4 Å². The Bertz CT molecular complexity index is 828. The van der Waals surface area contributed by atoms with Gasteiger partial charge < -0.3 is 15.6 Å². The first-order valence-corrected chi connectivity index (χ1v) is 13.3. The Balaban J connectivity index is 1.23. The normalized spacial score (nSPS) is 53.4. The summed E-state index contributed by atoms with van der Waals surface area (Å²) in [5.41, 5.74) is 6.99. The van der Waals surface area contributed by atoms with Gasteiger partial charge in [-0.25, -0.2) is 4.79 Å². The fourth-order valence-corrected chi connectivity index (χ4v) is 9.87. The highest BCUT2D eigenvalue weighted by molar-refractivity contribution is 5.85. The van der Waals surface area contributed by atoms with Gasteiger partial charge >= 0.3 is 5.97 Å². The molecule has 0 spiro atoms. The van der Waals surface area contributed by atoms with E-state index in [0.717, 1.165) is 49.8 Å². The van der Waals surface area contributed by atoms with Crippen molar-refractivity contribution in [3.8, 4) is 0 Å². The average Bonchev–Trinajstić information content (AvgIpc) is 3.45. The van der Waals surface area contributed by atoms with Crippen LogP contribution < -0.4 is 5.73 Å². The molecule has 2 heterocycles. The van der Waals surface area contributed by atoms with Crippen molar-refractivity contribution in [3.63, 3.8) is 0 Å². The van der Waals surface area contributed by atoms with Crippen molar-refractivity contribution in [2.75, 3.05) is 19.7 Å². The minimum absolute atomic E-state index is 0.125. The number of cyclic esters (lactones) is 1. The standard InChI is InChI=1S/C27H42N2O3/c1-25-9-5-20(29-12-8-19(28)15-29)14-18(25)3-4-23-22(25)6-10-26(2)21(7-11-27(23,26)31)17-13-24(30)32-16-17/h13,18-23,31H,3-12,14-16,28H2,1-2H3/t18-,19+,20+,21-,22+,23-,25+,26-,27+/m1/s1. The van der Waals surface area contributed by atoms with Crippen molar-refractivity contribution in [1.29, 1.82) is 0 Å². The van der Waals surface area contributed by atoms with E-state index >= 15 is 0 Å². The van der Waals surface area contributed by atoms with Gasteiger partial charge in [0.1, 0.15) is 6.61 Å². The molecule has 0 amide bonds. The molecule has 5 fully saturated rings. The van der Waals surface area contributed by atoms with Gasteiger partial charge in [0.05, 0.1) is 5.60 Å². The Morgan fingerprint density at radius 2 is 1.91 bits per heavy atom. The summed E-state index contributed by atoms with van der Waals surface area (Å²) >= 11 is 0. The van der Waals surface area contributed by atoms with Crippen LogP contribution >= 0.6 is 0 Å². The Labute approximate surface area is 193 Å². The maximum atomic E-state index is 12.3. The molecule has 0 aromatic rings. The minimum atomic E-state index is -0.598. The molecular formula is C27H42N2O3. The third-order valence-electron chi connectivity index (χ3n) is 11.7. The van der Waals surface area contributed by atoms with Crippen molar-refractivity contribution in [2.24, 2.45) is 40.2 Å². The first-order valence-electron chi connectivity index (χ1n) is 13.3. The van der Waals surface area contributed by atoms with Crippen molar-refractivity contribution in [1.82, 2.24) is 4.90 Å². The topological polar surface area (TPSA) is 75.8 Å². The second-order valence-corrected chi connectivity index (χ2v) is 12.8. The molecule has 5 heteroatoms. The average molecular weight is 443 g/mol. The van der Waals surface area contributed by atoms with Crippen molar-refractivity contribution >= 4 is 5.97 Å². The summed E-state index contributed by atoms with van der Waals surface area (Å²) in [6, 6.07) is 1.09. The quantitative estimate of drug-likeness (QED) is 0.639. The molecule has 178 valence electrons. The molecule has 6 aliphatic rings. The summed E-state index contributed by atoms with van der Waals surface area (Å²) in [5, 5.41) is 12.3. The number of hydrogen-bond donors (Lipinski definition) is 2. The fraction of sp³-hybridized carbons (Fsp3) is 0.889. The number of esters is 1. The van der Waals surface area contributed by atoms with E-state index in [1.165, 1.54) is 45.1 Å². The highest BCUT2D eigenvalue weighted by Crippen LogP contribution is 2.70. The Kier molecular flexibility index (Phi) is 4.93. The zero-order valence-electron chi connectivity index (χ0n) is 20.0. The van der Waals surface area contributed by atoms with Gasteiger partial charge in [0.2, 0.25) is 0 Å². The number of likely N-dealkylation sites (tertiary alicyclic amines) is 1. The molecule has 3 N–H and O–H groups in total. The van der Waals surface area contributed by atoms with Crippen LogP contribution in [0.5, 0.6) is 0 Å². The lowest BCUT2D eigenvalue weighted by molar-refractivity contribution is -0.206. The van der Waals surface area contributed by atoms with E-state index in [1.807, 2.05) is 0 Å². The van der Waals surface area contributed by atoms with Gasteiger partial charge in [0.25, 0.3) is 0 Å². The lowest BCUT2D eigenvalue weighted by Crippen LogP contribution is -2.62. The third kappa shape index (κ3) is 2.89. The molecule has 4 aliphatic carbocycles. The van der Waals surface area contributed by atoms with Crippen LogP contribution in [0.4, 0.5) is 0 Å². The third-order valence-corrected chi connectivity index (χ3v) is 11.7. The Morgan fingerprint density at radius 1 is 1.06 bits per heavy atom. The first kappa shape index (κ1) is 21.6. The zero-order valence-corrected chi connectivity index (χ0v) is 20.0. The molecule has 5 nitrogen and oxygen atoms in total. The summed E-state index contributed by atoms with van der Waals surface area (Å²) in [7, 11) is 0. The van der Waals surface area contributed by atoms with Crippen molar-refractivity contribution in [3.05, 3.63) is 11.6 Å². The SMILES string of the molecule is C[C@]12CC[C@H](N3CC[C@H](N)C3)C[C@H]1CC[C@@H]1[C@@H]2CC[C@]2(C)[C@@H](C3=CC(=O)OC3)CC[C@]12O. The molecule has 0 radical (unpaired) electrons. The molecule has 4 saturated carbocycles. The van der Waals surface area contributed by atoms with Crippen molar-refractivity contribution in [2.45, 2.75) is 95.7 Å². The highest BCUT2D eigenvalue weighted by Gasteiger charge is 2.67. The lowest BCUT2D eigenvalue weighted by atomic mass is 9.43. The highest BCUT2D eigenvalue weighted by atomic mass is 16.5. The van der Waals surface area contributed by atoms with Gasteiger partial charge in [-0.1, -0.05) is 13.8 Å². The van der Waals surface area contributed by atoms with E-state index < -0.39 is 5.60 Å². The van der Waals surface area contributed by atoms with Crippen LogP contribution in [0.2, 0.25) is 0 Å². The van der Waals surface area contributed by atoms with Crippen LogP contribution in [0.25, 0.3) is 0 Å². The smallest absolute Gasteiger partial charge is 0.331 e. The van der Waals surface area contributed by atoms with E-state index in [0.29, 0.717) is 35.8 Å². The second kappa shape index (κ2) is 7.29. The van der Waals surface area contributed by atoms with Crippen LogP contribution in [0.1, 0.15) is 78.1 Å². The van der Waals surface area contributed by atoms with Crippen LogP contribution in [0, 0.1) is 34.5 Å². The maximum absolute atomic E-state index is 12.3. The molecule has 32 heavy (non-hydrogen) atoms. The number of nitrogens with zero attached hydrogens (tertiary/aromatic N) is 1. The molecule has 0 aromatic carbocycles. The van der Waals surface area contributed by atoms with Crippen LogP contribution in [0.3, 0.4) is 0 Å². The monoisotopic (exact) mass is 442 g/mol. The van der Waals surface area contributed by atoms with Gasteiger partial charge in [0.15, 0.2) is 0 Å². The predicted molar refractivity (Wildman–Crippen MR) is 124 cm³/mol. The largest absolute Gasteiger partial charge is 0.458 e. The number of ether oxygens (including phenoxy) is 1. The van der Waals surface area contributed by atoms with Crippen LogP contribution in [0.15, 0.2) is 11.6 Å². The number of nitrogens with two attached hydrogens (primary N) is 1. The Hall–Kier alpha value is -0.910. The summed E-state index contributed by atoms with van der Waals surface area (Å²) in [4.78, 5) is 14.4. The molecular weight excluding hydrogens is 400 g/mol. The van der Waals surface area contributed by atoms with E-state index in [4.69, 9.17) is 10.5 Å². The van der Waals surface area contributed by atoms with Crippen LogP contribution in [-0.2, 0) is 9.53 Å². The van der Waals surface area contributed by atoms with Gasteiger partial charge in [0, 0.05) is 36.7 Å². The van der Waals surface area contributed by atoms with Gasteiger partial charge in [-0.15, -0.1) is 0 Å². The predicted octanol–water partition coefficient (Wildman–Crippen LogP) is 3.65. The number of carbonyl (C=O) groups excluding carboxylic acids is 1. The number of carbonyl (C=O) groups is 1. The molecule has 0 bridgehead atoms. The maximum Gasteiger partial charge on any atom is 0.331 e. The number of fused-ring (bicyclic) bond motifs is 5. The van der Waals surface area contributed by atoms with Gasteiger partial charge in [-0.2, -0.15) is 0 Å². The summed E-state index contributed by atoms with van der Waals surface area (Å²) in [6.45, 7) is 7.60. The number of aliphatic hydroxyl groups is 1. The number of hydrogen-bond acceptors (Lipinski definition) is 5. The second-order valence-electron chi connectivity index (χ2n) is 12.8. The van der Waals surface area contributed by atoms with E-state index in [2.05, 4.69) is 18.7 Å². The molecule has 1 saturated heterocycles. The minimum Gasteiger partial charge on any atom is -0.458 e. The summed E-state index contributed by atoms with van der Waals surface area (Å²) < 4.78 is 5.26. The Morgan fingerprint density at radius 3 is 2.62 bits per heavy atom. The zero-order chi connectivity index (χ0) is 22.3. The molecule has 6 rings (SSSR count). The number of rotatable bonds is 2. The van der Waals surface area contributed by atoms with E-state index in [1.54, 1.807) is 6.08 Å². The molecule has 9 atom stereocenters. The van der Waals surface area contributed by atoms with Crippen molar-refractivity contribution < 1.29 is 14.6 Å². The fourth-order valence-electron chi connectivity index (χ4n) is 9.87. The molecule has 2 aliphatic heterocycles. The lowest BCUT2D eigenvalue weighted by Gasteiger charge is -2.64. The van der Waals surface area contributed by atoms with Crippen LogP contribution in [-0.4, -0.2) is 53.4 Å². The summed E-state index contributed by atoms with van der Waals surface area (Å²) in [5.74, 6) is 1.92. The first-order chi connectivity index (χ1) is 15.2. The summed E-state index contributed by atoms with van der Waals surface area (Å²) in [6.07, 6.45) is 13.4. The molecule has 0 aromatic heterocycles. The molecule has 0 unspecified atom stereocenters. The van der Waals surface area contributed by atoms with E-state index in [9.17, 15) is 9.90 Å².